The molecule has 1 N–H and O–H groups in total. The number of benzene rings is 1. The van der Waals surface area contributed by atoms with E-state index in [9.17, 15) is 0 Å². The summed E-state index contributed by atoms with van der Waals surface area (Å²) >= 11 is 0. The smallest absolute Gasteiger partial charge is 0.161 e. The molecule has 20 heavy (non-hydrogen) atoms. The number of hydrogen-bond donors (Lipinski definition) is 1. The van der Waals surface area contributed by atoms with Gasteiger partial charge in [-0.05, 0) is 24.3 Å². The van der Waals surface area contributed by atoms with Crippen molar-refractivity contribution in [3.05, 3.63) is 48.2 Å². The zero-order chi connectivity index (χ0) is 13.8. The normalized spacial score (nSPS) is 16.2. The van der Waals surface area contributed by atoms with Gasteiger partial charge < -0.3 is 14.8 Å². The van der Waals surface area contributed by atoms with Crippen molar-refractivity contribution >= 4 is 5.82 Å². The Morgan fingerprint density at radius 3 is 2.95 bits per heavy atom. The molecule has 1 atom stereocenters. The number of para-hydroxylation sites is 2. The Bertz CT molecular complexity index is 652. The van der Waals surface area contributed by atoms with E-state index in [0.717, 1.165) is 11.5 Å². The van der Waals surface area contributed by atoms with Gasteiger partial charge >= 0.3 is 0 Å². The fourth-order valence-electron chi connectivity index (χ4n) is 2.01. The van der Waals surface area contributed by atoms with Crippen LogP contribution in [0.15, 0.2) is 42.6 Å². The minimum Gasteiger partial charge on any atom is -0.486 e. The predicted molar refractivity (Wildman–Crippen MR) is 73.8 cm³/mol. The van der Waals surface area contributed by atoms with Gasteiger partial charge in [0.25, 0.3) is 0 Å². The van der Waals surface area contributed by atoms with Crippen LogP contribution in [0.3, 0.4) is 0 Å². The second kappa shape index (κ2) is 5.49. The van der Waals surface area contributed by atoms with Crippen LogP contribution < -0.4 is 14.8 Å². The molecule has 0 saturated heterocycles. The SMILES string of the molecule is N#Cc1cccnc1NCC1COc2ccccc2O1. The van der Waals surface area contributed by atoms with Crippen molar-refractivity contribution in [1.29, 1.82) is 5.26 Å². The maximum atomic E-state index is 9.00. The molecule has 0 spiro atoms. The minimum atomic E-state index is -0.113. The molecule has 1 unspecified atom stereocenters. The van der Waals surface area contributed by atoms with Gasteiger partial charge in [0.15, 0.2) is 11.5 Å². The van der Waals surface area contributed by atoms with Gasteiger partial charge in [0.2, 0.25) is 0 Å². The lowest BCUT2D eigenvalue weighted by Crippen LogP contribution is -2.35. The van der Waals surface area contributed by atoms with Crippen molar-refractivity contribution in [3.63, 3.8) is 0 Å². The average Bonchev–Trinajstić information content (AvgIpc) is 2.53. The van der Waals surface area contributed by atoms with Crippen LogP contribution in [0.2, 0.25) is 0 Å². The maximum absolute atomic E-state index is 9.00. The zero-order valence-electron chi connectivity index (χ0n) is 10.7. The van der Waals surface area contributed by atoms with E-state index in [-0.39, 0.29) is 6.10 Å². The highest BCUT2D eigenvalue weighted by atomic mass is 16.6. The summed E-state index contributed by atoms with van der Waals surface area (Å²) in [5.74, 6) is 2.07. The van der Waals surface area contributed by atoms with Gasteiger partial charge in [0.1, 0.15) is 24.6 Å². The highest BCUT2D eigenvalue weighted by molar-refractivity contribution is 5.51. The lowest BCUT2D eigenvalue weighted by molar-refractivity contribution is 0.0997. The van der Waals surface area contributed by atoms with Crippen molar-refractivity contribution in [1.82, 2.24) is 4.98 Å². The largest absolute Gasteiger partial charge is 0.486 e. The Labute approximate surface area is 116 Å². The van der Waals surface area contributed by atoms with E-state index in [2.05, 4.69) is 16.4 Å². The number of anilines is 1. The molecule has 2 heterocycles. The quantitative estimate of drug-likeness (QED) is 0.923. The van der Waals surface area contributed by atoms with E-state index < -0.39 is 0 Å². The Hall–Kier alpha value is -2.74. The summed E-state index contributed by atoms with van der Waals surface area (Å²) in [5, 5.41) is 12.1. The number of hydrogen-bond acceptors (Lipinski definition) is 5. The number of nitriles is 1. The van der Waals surface area contributed by atoms with Gasteiger partial charge in [-0.15, -0.1) is 0 Å². The van der Waals surface area contributed by atoms with Gasteiger partial charge in [-0.2, -0.15) is 5.26 Å². The third kappa shape index (κ3) is 2.50. The highest BCUT2D eigenvalue weighted by Gasteiger charge is 2.20. The molecule has 0 radical (unpaired) electrons. The third-order valence-corrected chi connectivity index (χ3v) is 2.99. The standard InChI is InChI=1S/C15H13N3O2/c16-8-11-4-3-7-17-15(11)18-9-12-10-19-13-5-1-2-6-14(13)20-12/h1-7,12H,9-10H2,(H,17,18). The molecular formula is C15H13N3O2. The predicted octanol–water partition coefficient (Wildman–Crippen LogP) is 2.21. The first-order chi connectivity index (χ1) is 9.86. The number of fused-ring (bicyclic) bond motifs is 1. The van der Waals surface area contributed by atoms with Crippen LogP contribution in [0, 0.1) is 11.3 Å². The summed E-state index contributed by atoms with van der Waals surface area (Å²) in [6, 6.07) is 13.1. The molecule has 2 aromatic rings. The van der Waals surface area contributed by atoms with Crippen LogP contribution in [-0.2, 0) is 0 Å². The first-order valence-electron chi connectivity index (χ1n) is 6.34. The second-order valence-electron chi connectivity index (χ2n) is 4.39. The van der Waals surface area contributed by atoms with E-state index in [4.69, 9.17) is 14.7 Å². The van der Waals surface area contributed by atoms with E-state index in [0.29, 0.717) is 24.5 Å². The first-order valence-corrected chi connectivity index (χ1v) is 6.34. The Morgan fingerprint density at radius 2 is 2.10 bits per heavy atom. The summed E-state index contributed by atoms with van der Waals surface area (Å²) in [4.78, 5) is 4.15. The van der Waals surface area contributed by atoms with E-state index in [1.54, 1.807) is 18.3 Å². The Morgan fingerprint density at radius 1 is 1.25 bits per heavy atom. The minimum absolute atomic E-state index is 0.113. The molecule has 1 aromatic heterocycles. The number of nitrogens with one attached hydrogen (secondary N) is 1. The van der Waals surface area contributed by atoms with Crippen molar-refractivity contribution in [3.8, 4) is 17.6 Å². The van der Waals surface area contributed by atoms with Crippen molar-refractivity contribution in [2.45, 2.75) is 6.10 Å². The van der Waals surface area contributed by atoms with Crippen LogP contribution in [0.25, 0.3) is 0 Å². The van der Waals surface area contributed by atoms with Crippen LogP contribution >= 0.6 is 0 Å². The number of pyridine rings is 1. The molecule has 0 fully saturated rings. The summed E-state index contributed by atoms with van der Waals surface area (Å²) < 4.78 is 11.5. The molecule has 1 aliphatic heterocycles. The Balaban J connectivity index is 1.65. The topological polar surface area (TPSA) is 67.2 Å². The molecule has 0 saturated carbocycles. The molecule has 5 heteroatoms. The van der Waals surface area contributed by atoms with Crippen molar-refractivity contribution < 1.29 is 9.47 Å². The molecule has 3 rings (SSSR count). The molecule has 0 bridgehead atoms. The first kappa shape index (κ1) is 12.3. The monoisotopic (exact) mass is 267 g/mol. The average molecular weight is 267 g/mol. The van der Waals surface area contributed by atoms with Gasteiger partial charge in [0.05, 0.1) is 12.1 Å². The third-order valence-electron chi connectivity index (χ3n) is 2.99. The number of aromatic nitrogens is 1. The molecule has 0 amide bonds. The number of ether oxygens (including phenoxy) is 2. The van der Waals surface area contributed by atoms with Gasteiger partial charge in [-0.3, -0.25) is 0 Å². The summed E-state index contributed by atoms with van der Waals surface area (Å²) in [6.45, 7) is 0.999. The maximum Gasteiger partial charge on any atom is 0.161 e. The number of rotatable bonds is 3. The lowest BCUT2D eigenvalue weighted by Gasteiger charge is -2.26. The van der Waals surface area contributed by atoms with E-state index in [1.807, 2.05) is 24.3 Å². The van der Waals surface area contributed by atoms with Crippen molar-refractivity contribution in [2.75, 3.05) is 18.5 Å². The van der Waals surface area contributed by atoms with Gasteiger partial charge in [-0.1, -0.05) is 12.1 Å². The highest BCUT2D eigenvalue weighted by Crippen LogP contribution is 2.30. The zero-order valence-corrected chi connectivity index (χ0v) is 10.7. The molecule has 100 valence electrons. The van der Waals surface area contributed by atoms with Crippen LogP contribution in [0.1, 0.15) is 5.56 Å². The molecule has 1 aromatic carbocycles. The van der Waals surface area contributed by atoms with Crippen molar-refractivity contribution in [2.24, 2.45) is 0 Å². The Kier molecular flexibility index (Phi) is 3.38. The molecular weight excluding hydrogens is 254 g/mol. The fraction of sp³-hybridized carbons (Fsp3) is 0.200. The second-order valence-corrected chi connectivity index (χ2v) is 4.39. The summed E-state index contributed by atoms with van der Waals surface area (Å²) in [6.07, 6.45) is 1.54. The van der Waals surface area contributed by atoms with Crippen LogP contribution in [-0.4, -0.2) is 24.2 Å². The summed E-state index contributed by atoms with van der Waals surface area (Å²) in [5.41, 5.74) is 0.518. The van der Waals surface area contributed by atoms with Crippen LogP contribution in [0.5, 0.6) is 11.5 Å². The molecule has 0 aliphatic carbocycles. The van der Waals surface area contributed by atoms with Gasteiger partial charge in [0, 0.05) is 6.20 Å². The summed E-state index contributed by atoms with van der Waals surface area (Å²) in [7, 11) is 0. The van der Waals surface area contributed by atoms with E-state index >= 15 is 0 Å². The van der Waals surface area contributed by atoms with Gasteiger partial charge in [-0.25, -0.2) is 4.98 Å². The van der Waals surface area contributed by atoms with Crippen LogP contribution in [0.4, 0.5) is 5.82 Å². The van der Waals surface area contributed by atoms with E-state index in [1.165, 1.54) is 0 Å². The fourth-order valence-corrected chi connectivity index (χ4v) is 2.01. The number of nitrogens with zero attached hydrogens (tertiary/aromatic N) is 2. The molecule has 1 aliphatic rings. The molecule has 5 nitrogen and oxygen atoms in total. The lowest BCUT2D eigenvalue weighted by atomic mass is 10.2.